The predicted octanol–water partition coefficient (Wildman–Crippen LogP) is 2.68. The Morgan fingerprint density at radius 3 is 2.31 bits per heavy atom. The maximum atomic E-state index is 13.3. The highest BCUT2D eigenvalue weighted by Crippen LogP contribution is 2.21. The Balaban J connectivity index is 2.99. The molecular weight excluding hydrogens is 287 g/mol. The molecule has 0 aromatic heterocycles. The molecule has 16 heavy (non-hydrogen) atoms. The summed E-state index contributed by atoms with van der Waals surface area (Å²) in [6.45, 7) is 1.42. The molecule has 0 radical (unpaired) electrons. The zero-order valence-corrected chi connectivity index (χ0v) is 9.95. The number of alkyl halides is 1. The van der Waals surface area contributed by atoms with Crippen molar-refractivity contribution in [2.45, 2.75) is 13.0 Å². The van der Waals surface area contributed by atoms with E-state index in [9.17, 15) is 18.0 Å². The number of rotatable bonds is 3. The lowest BCUT2D eigenvalue weighted by Crippen LogP contribution is -2.28. The van der Waals surface area contributed by atoms with Crippen LogP contribution < -0.4 is 5.32 Å². The van der Waals surface area contributed by atoms with Gasteiger partial charge >= 0.3 is 0 Å². The summed E-state index contributed by atoms with van der Waals surface area (Å²) in [6.07, 6.45) is 0. The van der Waals surface area contributed by atoms with Gasteiger partial charge in [0, 0.05) is 17.7 Å². The minimum atomic E-state index is -1.01. The maximum absolute atomic E-state index is 13.3. The fraction of sp³-hybridized carbons (Fsp3) is 0.300. The summed E-state index contributed by atoms with van der Waals surface area (Å²) in [5.41, 5.74) is -0.351. The van der Waals surface area contributed by atoms with E-state index in [4.69, 9.17) is 0 Å². The van der Waals surface area contributed by atoms with E-state index in [1.165, 1.54) is 6.92 Å². The van der Waals surface area contributed by atoms with Crippen molar-refractivity contribution in [1.82, 2.24) is 5.32 Å². The molecule has 0 saturated carbocycles. The summed E-state index contributed by atoms with van der Waals surface area (Å²) < 4.78 is 39.2. The van der Waals surface area contributed by atoms with E-state index in [2.05, 4.69) is 21.2 Å². The van der Waals surface area contributed by atoms with E-state index in [1.807, 2.05) is 0 Å². The van der Waals surface area contributed by atoms with Crippen LogP contribution in [0.1, 0.15) is 18.5 Å². The van der Waals surface area contributed by atoms with Gasteiger partial charge in [-0.05, 0) is 6.92 Å². The fourth-order valence-electron chi connectivity index (χ4n) is 1.32. The number of hydrogen-bond acceptors (Lipinski definition) is 1. The lowest BCUT2D eigenvalue weighted by Gasteiger charge is -2.15. The summed E-state index contributed by atoms with van der Waals surface area (Å²) >= 11 is 2.90. The van der Waals surface area contributed by atoms with Crippen molar-refractivity contribution in [1.29, 1.82) is 0 Å². The molecule has 0 aliphatic rings. The van der Waals surface area contributed by atoms with E-state index in [1.54, 1.807) is 0 Å². The molecule has 6 heteroatoms. The van der Waals surface area contributed by atoms with Gasteiger partial charge in [-0.1, -0.05) is 15.9 Å². The summed E-state index contributed by atoms with van der Waals surface area (Å²) in [4.78, 5) is 11.0. The fourth-order valence-corrected chi connectivity index (χ4v) is 1.48. The molecular formula is C10H9BrF3NO. The Morgan fingerprint density at radius 1 is 1.38 bits per heavy atom. The molecule has 0 spiro atoms. The third-order valence-corrected chi connectivity index (χ3v) is 2.48. The molecule has 1 aromatic carbocycles. The van der Waals surface area contributed by atoms with E-state index in [-0.39, 0.29) is 10.9 Å². The second-order valence-corrected chi connectivity index (χ2v) is 3.77. The van der Waals surface area contributed by atoms with Gasteiger partial charge in [0.2, 0.25) is 5.91 Å². The lowest BCUT2D eigenvalue weighted by molar-refractivity contribution is -0.119. The van der Waals surface area contributed by atoms with Crippen LogP contribution in [0.25, 0.3) is 0 Å². The van der Waals surface area contributed by atoms with Crippen molar-refractivity contribution in [2.75, 3.05) is 5.33 Å². The van der Waals surface area contributed by atoms with Crippen LogP contribution in [-0.2, 0) is 4.79 Å². The molecule has 1 atom stereocenters. The minimum Gasteiger partial charge on any atom is -0.349 e. The van der Waals surface area contributed by atoms with E-state index >= 15 is 0 Å². The summed E-state index contributed by atoms with van der Waals surface area (Å²) in [5.74, 6) is -3.42. The number of amides is 1. The van der Waals surface area contributed by atoms with E-state index in [0.717, 1.165) is 0 Å². The molecule has 2 nitrogen and oxygen atoms in total. The van der Waals surface area contributed by atoms with Gasteiger partial charge < -0.3 is 5.32 Å². The number of nitrogens with one attached hydrogen (secondary N) is 1. The van der Waals surface area contributed by atoms with Gasteiger partial charge in [0.1, 0.15) is 17.5 Å². The van der Waals surface area contributed by atoms with Crippen LogP contribution in [0.3, 0.4) is 0 Å². The molecule has 0 aliphatic heterocycles. The highest BCUT2D eigenvalue weighted by molar-refractivity contribution is 9.09. The average Bonchev–Trinajstić information content (AvgIpc) is 2.15. The Hall–Kier alpha value is -1.04. The molecule has 1 amide bonds. The van der Waals surface area contributed by atoms with Crippen molar-refractivity contribution >= 4 is 21.8 Å². The summed E-state index contributed by atoms with van der Waals surface area (Å²) in [6, 6.07) is 0.301. The first-order valence-corrected chi connectivity index (χ1v) is 5.57. The van der Waals surface area contributed by atoms with Crippen LogP contribution in [0.5, 0.6) is 0 Å². The SMILES string of the molecule is CC(NC(=O)CBr)c1c(F)cc(F)cc1F. The van der Waals surface area contributed by atoms with Gasteiger partial charge in [0.15, 0.2) is 0 Å². The molecule has 1 unspecified atom stereocenters. The quantitative estimate of drug-likeness (QED) is 0.854. The molecule has 0 aliphatic carbocycles. The van der Waals surface area contributed by atoms with Gasteiger partial charge in [0.05, 0.1) is 11.4 Å². The van der Waals surface area contributed by atoms with Gasteiger partial charge in [-0.2, -0.15) is 0 Å². The molecule has 0 heterocycles. The topological polar surface area (TPSA) is 29.1 Å². The second kappa shape index (κ2) is 5.34. The molecule has 88 valence electrons. The minimum absolute atomic E-state index is 0.0295. The highest BCUT2D eigenvalue weighted by atomic mass is 79.9. The molecule has 1 rings (SSSR count). The molecule has 1 N–H and O–H groups in total. The number of halogens is 4. The molecule has 0 saturated heterocycles. The molecule has 0 bridgehead atoms. The first-order valence-electron chi connectivity index (χ1n) is 4.45. The zero-order chi connectivity index (χ0) is 12.3. The van der Waals surface area contributed by atoms with Crippen molar-refractivity contribution in [3.05, 3.63) is 35.1 Å². The van der Waals surface area contributed by atoms with Crippen molar-refractivity contribution in [3.63, 3.8) is 0 Å². The largest absolute Gasteiger partial charge is 0.349 e. The van der Waals surface area contributed by atoms with Crippen LogP contribution >= 0.6 is 15.9 Å². The van der Waals surface area contributed by atoms with Crippen LogP contribution in [0.4, 0.5) is 13.2 Å². The summed E-state index contributed by atoms with van der Waals surface area (Å²) in [5, 5.41) is 2.39. The van der Waals surface area contributed by atoms with Crippen LogP contribution in [0, 0.1) is 17.5 Å². The average molecular weight is 296 g/mol. The van der Waals surface area contributed by atoms with Crippen LogP contribution in [-0.4, -0.2) is 11.2 Å². The van der Waals surface area contributed by atoms with Gasteiger partial charge in [0.25, 0.3) is 0 Å². The first kappa shape index (κ1) is 13.0. The van der Waals surface area contributed by atoms with Crippen molar-refractivity contribution in [2.24, 2.45) is 0 Å². The molecule has 0 fully saturated rings. The monoisotopic (exact) mass is 295 g/mol. The van der Waals surface area contributed by atoms with E-state index < -0.39 is 29.4 Å². The number of benzene rings is 1. The predicted molar refractivity (Wildman–Crippen MR) is 56.7 cm³/mol. The number of hydrogen-bond donors (Lipinski definition) is 1. The Morgan fingerprint density at radius 2 is 1.88 bits per heavy atom. The van der Waals surface area contributed by atoms with Crippen LogP contribution in [0.15, 0.2) is 12.1 Å². The Bertz CT molecular complexity index is 388. The zero-order valence-electron chi connectivity index (χ0n) is 8.36. The van der Waals surface area contributed by atoms with Gasteiger partial charge in [-0.3, -0.25) is 4.79 Å². The van der Waals surface area contributed by atoms with Gasteiger partial charge in [-0.25, -0.2) is 13.2 Å². The van der Waals surface area contributed by atoms with Crippen molar-refractivity contribution < 1.29 is 18.0 Å². The standard InChI is InChI=1S/C10H9BrF3NO/c1-5(15-9(16)4-11)10-7(13)2-6(12)3-8(10)14/h2-3,5H,4H2,1H3,(H,15,16). The number of carbonyl (C=O) groups is 1. The normalized spacial score (nSPS) is 12.3. The summed E-state index contributed by atoms with van der Waals surface area (Å²) in [7, 11) is 0. The number of carbonyl (C=O) groups excluding carboxylic acids is 1. The first-order chi connectivity index (χ1) is 7.45. The third kappa shape index (κ3) is 2.98. The second-order valence-electron chi connectivity index (χ2n) is 3.21. The smallest absolute Gasteiger partial charge is 0.231 e. The lowest BCUT2D eigenvalue weighted by atomic mass is 10.1. The maximum Gasteiger partial charge on any atom is 0.231 e. The Labute approximate surface area is 99.0 Å². The van der Waals surface area contributed by atoms with Crippen molar-refractivity contribution in [3.8, 4) is 0 Å². The Kier molecular flexibility index (Phi) is 4.35. The third-order valence-electron chi connectivity index (χ3n) is 1.98. The van der Waals surface area contributed by atoms with Gasteiger partial charge in [-0.15, -0.1) is 0 Å². The van der Waals surface area contributed by atoms with E-state index in [0.29, 0.717) is 12.1 Å². The van der Waals surface area contributed by atoms with Crippen LogP contribution in [0.2, 0.25) is 0 Å². The highest BCUT2D eigenvalue weighted by Gasteiger charge is 2.18. The molecule has 1 aromatic rings.